The van der Waals surface area contributed by atoms with Gasteiger partial charge in [0.2, 0.25) is 0 Å². The van der Waals surface area contributed by atoms with E-state index >= 15 is 0 Å². The van der Waals surface area contributed by atoms with E-state index in [0.717, 1.165) is 12.0 Å². The Labute approximate surface area is 117 Å². The number of anilines is 1. The molecular weight excluding hydrogens is 256 g/mol. The lowest BCUT2D eigenvalue weighted by Gasteiger charge is -2.10. The van der Waals surface area contributed by atoms with E-state index in [9.17, 15) is 4.79 Å². The first-order valence-corrected chi connectivity index (χ1v) is 6.30. The average molecular weight is 274 g/mol. The number of hydrogen-bond acceptors (Lipinski definition) is 4. The Morgan fingerprint density at radius 1 is 1.50 bits per heavy atom. The molecule has 20 heavy (non-hydrogen) atoms. The summed E-state index contributed by atoms with van der Waals surface area (Å²) < 4.78 is 6.90. The van der Waals surface area contributed by atoms with E-state index < -0.39 is 0 Å². The highest BCUT2D eigenvalue weighted by Gasteiger charge is 2.13. The minimum absolute atomic E-state index is 0.196. The van der Waals surface area contributed by atoms with E-state index in [1.807, 2.05) is 13.2 Å². The number of carbonyl (C=O) groups is 1. The Kier molecular flexibility index (Phi) is 4.24. The summed E-state index contributed by atoms with van der Waals surface area (Å²) in [6.45, 7) is 0.530. The van der Waals surface area contributed by atoms with Crippen LogP contribution in [0.3, 0.4) is 0 Å². The quantitative estimate of drug-likeness (QED) is 0.796. The lowest BCUT2D eigenvalue weighted by molar-refractivity contribution is 0.0951. The van der Waals surface area contributed by atoms with Crippen LogP contribution in [0.1, 0.15) is 15.9 Å². The summed E-state index contributed by atoms with van der Waals surface area (Å²) in [7, 11) is 3.36. The summed E-state index contributed by atoms with van der Waals surface area (Å²) >= 11 is 0. The SMILES string of the molecule is COc1c(N)cccc1C(=O)NCCc1cnn(C)c1. The van der Waals surface area contributed by atoms with E-state index in [-0.39, 0.29) is 5.91 Å². The predicted molar refractivity (Wildman–Crippen MR) is 76.7 cm³/mol. The van der Waals surface area contributed by atoms with Crippen molar-refractivity contribution in [3.63, 3.8) is 0 Å². The molecule has 106 valence electrons. The van der Waals surface area contributed by atoms with Crippen LogP contribution in [0.2, 0.25) is 0 Å². The van der Waals surface area contributed by atoms with Gasteiger partial charge in [-0.1, -0.05) is 6.07 Å². The minimum atomic E-state index is -0.196. The van der Waals surface area contributed by atoms with Crippen molar-refractivity contribution in [3.05, 3.63) is 41.7 Å². The maximum atomic E-state index is 12.1. The van der Waals surface area contributed by atoms with Gasteiger partial charge in [-0.05, 0) is 24.1 Å². The minimum Gasteiger partial charge on any atom is -0.494 e. The molecule has 0 aliphatic rings. The second-order valence-corrected chi connectivity index (χ2v) is 4.46. The van der Waals surface area contributed by atoms with E-state index in [0.29, 0.717) is 23.5 Å². The fraction of sp³-hybridized carbons (Fsp3) is 0.286. The molecule has 0 saturated carbocycles. The van der Waals surface area contributed by atoms with Crippen LogP contribution in [0.25, 0.3) is 0 Å². The number of rotatable bonds is 5. The lowest BCUT2D eigenvalue weighted by atomic mass is 10.1. The second kappa shape index (κ2) is 6.10. The monoisotopic (exact) mass is 274 g/mol. The fourth-order valence-electron chi connectivity index (χ4n) is 1.98. The molecule has 0 saturated heterocycles. The van der Waals surface area contributed by atoms with E-state index in [2.05, 4.69) is 10.4 Å². The van der Waals surface area contributed by atoms with Gasteiger partial charge >= 0.3 is 0 Å². The Morgan fingerprint density at radius 2 is 2.30 bits per heavy atom. The molecule has 0 unspecified atom stereocenters. The Balaban J connectivity index is 1.97. The van der Waals surface area contributed by atoms with Crippen molar-refractivity contribution in [2.45, 2.75) is 6.42 Å². The highest BCUT2D eigenvalue weighted by atomic mass is 16.5. The highest BCUT2D eigenvalue weighted by Crippen LogP contribution is 2.25. The molecule has 6 nitrogen and oxygen atoms in total. The van der Waals surface area contributed by atoms with Gasteiger partial charge in [0, 0.05) is 19.8 Å². The average Bonchev–Trinajstić information content (AvgIpc) is 2.84. The summed E-state index contributed by atoms with van der Waals surface area (Å²) in [5.41, 5.74) is 7.75. The summed E-state index contributed by atoms with van der Waals surface area (Å²) in [6, 6.07) is 5.12. The van der Waals surface area contributed by atoms with Gasteiger partial charge in [0.05, 0.1) is 24.6 Å². The van der Waals surface area contributed by atoms with Crippen molar-refractivity contribution in [3.8, 4) is 5.75 Å². The number of hydrogen-bond donors (Lipinski definition) is 2. The van der Waals surface area contributed by atoms with Gasteiger partial charge < -0.3 is 15.8 Å². The maximum Gasteiger partial charge on any atom is 0.255 e. The lowest BCUT2D eigenvalue weighted by Crippen LogP contribution is -2.26. The number of methoxy groups -OCH3 is 1. The van der Waals surface area contributed by atoms with E-state index in [1.54, 1.807) is 29.1 Å². The summed E-state index contributed by atoms with van der Waals surface area (Å²) in [5.74, 6) is 0.212. The largest absolute Gasteiger partial charge is 0.494 e. The molecule has 0 fully saturated rings. The van der Waals surface area contributed by atoms with Gasteiger partial charge in [-0.15, -0.1) is 0 Å². The first kappa shape index (κ1) is 13.9. The van der Waals surface area contributed by atoms with Gasteiger partial charge in [-0.3, -0.25) is 9.48 Å². The summed E-state index contributed by atoms with van der Waals surface area (Å²) in [6.07, 6.45) is 4.44. The molecule has 2 rings (SSSR count). The number of aryl methyl sites for hydroxylation is 1. The van der Waals surface area contributed by atoms with Crippen LogP contribution in [0.15, 0.2) is 30.6 Å². The molecule has 3 N–H and O–H groups in total. The van der Waals surface area contributed by atoms with E-state index in [4.69, 9.17) is 10.5 Å². The van der Waals surface area contributed by atoms with Crippen LogP contribution in [0.5, 0.6) is 5.75 Å². The number of ether oxygens (including phenoxy) is 1. The van der Waals surface area contributed by atoms with Crippen molar-refractivity contribution >= 4 is 11.6 Å². The van der Waals surface area contributed by atoms with Crippen molar-refractivity contribution in [1.82, 2.24) is 15.1 Å². The van der Waals surface area contributed by atoms with Crippen molar-refractivity contribution < 1.29 is 9.53 Å². The van der Waals surface area contributed by atoms with Crippen LogP contribution < -0.4 is 15.8 Å². The van der Waals surface area contributed by atoms with Crippen LogP contribution >= 0.6 is 0 Å². The zero-order chi connectivity index (χ0) is 14.5. The molecule has 0 aliphatic heterocycles. The molecule has 0 bridgehead atoms. The number of nitrogen functional groups attached to an aromatic ring is 1. The number of amides is 1. The third-order valence-corrected chi connectivity index (χ3v) is 2.95. The Bertz CT molecular complexity index is 607. The Hall–Kier alpha value is -2.50. The maximum absolute atomic E-state index is 12.1. The molecule has 1 aromatic carbocycles. The van der Waals surface area contributed by atoms with E-state index in [1.165, 1.54) is 7.11 Å². The van der Waals surface area contributed by atoms with Crippen molar-refractivity contribution in [2.24, 2.45) is 7.05 Å². The van der Waals surface area contributed by atoms with Crippen molar-refractivity contribution in [2.75, 3.05) is 19.4 Å². The molecular formula is C14H18N4O2. The van der Waals surface area contributed by atoms with Crippen LogP contribution in [-0.4, -0.2) is 29.3 Å². The van der Waals surface area contributed by atoms with Gasteiger partial charge in [0.25, 0.3) is 5.91 Å². The molecule has 1 heterocycles. The molecule has 1 aromatic heterocycles. The first-order chi connectivity index (χ1) is 9.61. The molecule has 0 atom stereocenters. The number of para-hydroxylation sites is 1. The van der Waals surface area contributed by atoms with Gasteiger partial charge in [-0.2, -0.15) is 5.10 Å². The third kappa shape index (κ3) is 3.09. The third-order valence-electron chi connectivity index (χ3n) is 2.95. The summed E-state index contributed by atoms with van der Waals surface area (Å²) in [4.78, 5) is 12.1. The first-order valence-electron chi connectivity index (χ1n) is 6.30. The predicted octanol–water partition coefficient (Wildman–Crippen LogP) is 0.983. The van der Waals surface area contributed by atoms with Crippen LogP contribution in [-0.2, 0) is 13.5 Å². The fourth-order valence-corrected chi connectivity index (χ4v) is 1.98. The Morgan fingerprint density at radius 3 is 2.95 bits per heavy atom. The smallest absolute Gasteiger partial charge is 0.255 e. The second-order valence-electron chi connectivity index (χ2n) is 4.46. The molecule has 2 aromatic rings. The summed E-state index contributed by atoms with van der Waals surface area (Å²) in [5, 5.41) is 6.93. The number of nitrogens with zero attached hydrogens (tertiary/aromatic N) is 2. The number of benzene rings is 1. The number of nitrogens with one attached hydrogen (secondary N) is 1. The van der Waals surface area contributed by atoms with Crippen molar-refractivity contribution in [1.29, 1.82) is 0 Å². The zero-order valence-electron chi connectivity index (χ0n) is 11.6. The standard InChI is InChI=1S/C14H18N4O2/c1-18-9-10(8-17-18)6-7-16-14(19)11-4-3-5-12(15)13(11)20-2/h3-5,8-9H,6-7,15H2,1-2H3,(H,16,19). The highest BCUT2D eigenvalue weighted by molar-refractivity contribution is 5.98. The number of aromatic nitrogens is 2. The van der Waals surface area contributed by atoms with Gasteiger partial charge in [0.1, 0.15) is 0 Å². The molecule has 0 radical (unpaired) electrons. The normalized spacial score (nSPS) is 10.3. The molecule has 6 heteroatoms. The number of nitrogens with two attached hydrogens (primary N) is 1. The van der Waals surface area contributed by atoms with Crippen LogP contribution in [0, 0.1) is 0 Å². The van der Waals surface area contributed by atoms with Gasteiger partial charge in [0.15, 0.2) is 5.75 Å². The topological polar surface area (TPSA) is 82.2 Å². The molecule has 0 aliphatic carbocycles. The van der Waals surface area contributed by atoms with Gasteiger partial charge in [-0.25, -0.2) is 0 Å². The molecule has 1 amide bonds. The zero-order valence-corrected chi connectivity index (χ0v) is 11.6. The number of carbonyl (C=O) groups excluding carboxylic acids is 1. The van der Waals surface area contributed by atoms with Crippen LogP contribution in [0.4, 0.5) is 5.69 Å². The molecule has 0 spiro atoms.